The van der Waals surface area contributed by atoms with Crippen LogP contribution in [0.15, 0.2) is 53.4 Å². The summed E-state index contributed by atoms with van der Waals surface area (Å²) in [5, 5.41) is 2.79. The molecule has 0 radical (unpaired) electrons. The maximum atomic E-state index is 13.3. The maximum absolute atomic E-state index is 13.3. The molecule has 1 aromatic carbocycles. The second kappa shape index (κ2) is 8.83. The minimum Gasteiger partial charge on any atom is -0.310 e. The van der Waals surface area contributed by atoms with Gasteiger partial charge >= 0.3 is 0 Å². The largest absolute Gasteiger partial charge is 0.310 e. The number of carbonyl (C=O) groups excluding carboxylic acids is 2. The Morgan fingerprint density at radius 2 is 1.85 bits per heavy atom. The number of carbonyl (C=O) groups is 2. The van der Waals surface area contributed by atoms with E-state index >= 15 is 0 Å². The summed E-state index contributed by atoms with van der Waals surface area (Å²) in [5.74, 6) is 0.255. The molecular formula is C25H26N2O4S2. The van der Waals surface area contributed by atoms with Crippen LogP contribution in [0.4, 0.5) is 5.82 Å². The van der Waals surface area contributed by atoms with Crippen LogP contribution in [0.3, 0.4) is 0 Å². The number of hydrogen-bond acceptors (Lipinski definition) is 6. The van der Waals surface area contributed by atoms with E-state index in [-0.39, 0.29) is 28.8 Å². The van der Waals surface area contributed by atoms with Gasteiger partial charge in [-0.25, -0.2) is 13.4 Å². The van der Waals surface area contributed by atoms with Gasteiger partial charge in [-0.1, -0.05) is 19.1 Å². The van der Waals surface area contributed by atoms with Gasteiger partial charge in [0.1, 0.15) is 5.82 Å². The van der Waals surface area contributed by atoms with Crippen molar-refractivity contribution in [1.82, 2.24) is 4.98 Å². The summed E-state index contributed by atoms with van der Waals surface area (Å²) in [6, 6.07) is 13.8. The van der Waals surface area contributed by atoms with Crippen molar-refractivity contribution in [3.8, 4) is 0 Å². The van der Waals surface area contributed by atoms with Gasteiger partial charge in [-0.2, -0.15) is 0 Å². The van der Waals surface area contributed by atoms with Crippen LogP contribution < -0.4 is 5.32 Å². The summed E-state index contributed by atoms with van der Waals surface area (Å²) in [7, 11) is -3.27. The van der Waals surface area contributed by atoms with E-state index in [2.05, 4.69) is 10.3 Å². The summed E-state index contributed by atoms with van der Waals surface area (Å²) in [5.41, 5.74) is 1.48. The van der Waals surface area contributed by atoms with E-state index < -0.39 is 15.3 Å². The number of sulfone groups is 1. The molecule has 0 saturated carbocycles. The van der Waals surface area contributed by atoms with Crippen LogP contribution in [-0.2, 0) is 32.9 Å². The monoisotopic (exact) mass is 482 g/mol. The number of benzene rings is 1. The van der Waals surface area contributed by atoms with Crippen molar-refractivity contribution >= 4 is 38.7 Å². The molecule has 2 aromatic heterocycles. The Bertz CT molecular complexity index is 1330. The van der Waals surface area contributed by atoms with Crippen LogP contribution in [0.2, 0.25) is 0 Å². The number of Topliss-reactive ketones (excluding diaryl/α,β-unsaturated/α-hetero) is 1. The van der Waals surface area contributed by atoms with Gasteiger partial charge < -0.3 is 5.32 Å². The fourth-order valence-corrected chi connectivity index (χ4v) is 5.99. The van der Waals surface area contributed by atoms with Crippen molar-refractivity contribution in [3.05, 3.63) is 75.1 Å². The first-order valence-corrected chi connectivity index (χ1v) is 13.3. The molecule has 3 aromatic rings. The lowest BCUT2D eigenvalue weighted by molar-refractivity contribution is -0.115. The second-order valence-electron chi connectivity index (χ2n) is 8.53. The van der Waals surface area contributed by atoms with Gasteiger partial charge in [0.2, 0.25) is 5.91 Å². The van der Waals surface area contributed by atoms with Gasteiger partial charge in [0.15, 0.2) is 15.6 Å². The van der Waals surface area contributed by atoms with Crippen molar-refractivity contribution in [2.75, 3.05) is 11.1 Å². The molecule has 6 nitrogen and oxygen atoms in total. The number of aryl methyl sites for hydroxylation is 2. The van der Waals surface area contributed by atoms with Crippen LogP contribution in [-0.4, -0.2) is 30.8 Å². The molecule has 1 amide bonds. The molecule has 0 bridgehead atoms. The van der Waals surface area contributed by atoms with Crippen LogP contribution in [0.25, 0.3) is 0 Å². The first kappa shape index (κ1) is 23.3. The maximum Gasteiger partial charge on any atom is 0.229 e. The van der Waals surface area contributed by atoms with Crippen molar-refractivity contribution in [1.29, 1.82) is 0 Å². The number of ketones is 1. The SMILES string of the molecule is CCS(=O)(=O)c1ccc(CC(=O)Nc2ccc3c(n2)CCC(C)(c2ccc(C)s2)C3=O)cc1. The van der Waals surface area contributed by atoms with E-state index in [1.54, 1.807) is 42.5 Å². The average molecular weight is 483 g/mol. The number of pyridine rings is 1. The van der Waals surface area contributed by atoms with Crippen molar-refractivity contribution in [2.24, 2.45) is 0 Å². The summed E-state index contributed by atoms with van der Waals surface area (Å²) in [4.78, 5) is 32.8. The lowest BCUT2D eigenvalue weighted by atomic mass is 9.72. The van der Waals surface area contributed by atoms with Gasteiger partial charge in [0.25, 0.3) is 0 Å². The summed E-state index contributed by atoms with van der Waals surface area (Å²) in [6.07, 6.45) is 1.43. The minimum absolute atomic E-state index is 0.0332. The highest BCUT2D eigenvalue weighted by Crippen LogP contribution is 2.40. The number of amides is 1. The Morgan fingerprint density at radius 1 is 1.12 bits per heavy atom. The molecule has 0 aliphatic heterocycles. The molecule has 1 aliphatic carbocycles. The third kappa shape index (κ3) is 4.63. The Hall–Kier alpha value is -2.84. The molecule has 172 valence electrons. The van der Waals surface area contributed by atoms with E-state index in [1.807, 2.05) is 26.0 Å². The Kier molecular flexibility index (Phi) is 6.24. The van der Waals surface area contributed by atoms with Crippen LogP contribution in [0.1, 0.15) is 51.6 Å². The van der Waals surface area contributed by atoms with E-state index in [9.17, 15) is 18.0 Å². The first-order valence-electron chi connectivity index (χ1n) is 10.9. The predicted molar refractivity (Wildman–Crippen MR) is 130 cm³/mol. The number of anilines is 1. The van der Waals surface area contributed by atoms with E-state index in [4.69, 9.17) is 0 Å². The smallest absolute Gasteiger partial charge is 0.229 e. The minimum atomic E-state index is -3.27. The highest BCUT2D eigenvalue weighted by molar-refractivity contribution is 7.91. The zero-order valence-electron chi connectivity index (χ0n) is 18.8. The molecule has 0 saturated heterocycles. The lowest BCUT2D eigenvalue weighted by Gasteiger charge is -2.32. The molecule has 4 rings (SSSR count). The Morgan fingerprint density at radius 3 is 2.48 bits per heavy atom. The number of nitrogens with zero attached hydrogens (tertiary/aromatic N) is 1. The van der Waals surface area contributed by atoms with Gasteiger partial charge in [-0.15, -0.1) is 11.3 Å². The van der Waals surface area contributed by atoms with E-state index in [1.165, 1.54) is 17.0 Å². The molecule has 33 heavy (non-hydrogen) atoms. The van der Waals surface area contributed by atoms with Crippen LogP contribution in [0.5, 0.6) is 0 Å². The Labute approximate surface area is 198 Å². The summed E-state index contributed by atoms with van der Waals surface area (Å²) in [6.45, 7) is 5.63. The third-order valence-electron chi connectivity index (χ3n) is 6.16. The third-order valence-corrected chi connectivity index (χ3v) is 9.18. The molecule has 0 fully saturated rings. The van der Waals surface area contributed by atoms with Crippen LogP contribution >= 0.6 is 11.3 Å². The quantitative estimate of drug-likeness (QED) is 0.558. The molecule has 1 aliphatic rings. The number of thiophene rings is 1. The average Bonchev–Trinajstić information content (AvgIpc) is 3.24. The molecular weight excluding hydrogens is 456 g/mol. The standard InChI is InChI=1S/C25H26N2O4S2/c1-4-33(30,31)18-8-6-17(7-9-18)15-23(28)27-22-12-10-19-20(26-22)13-14-25(3,24(19)29)21-11-5-16(2)32-21/h5-12H,4,13-15H2,1-3H3,(H,26,27,28). The van der Waals surface area contributed by atoms with Crippen molar-refractivity contribution in [3.63, 3.8) is 0 Å². The fourth-order valence-electron chi connectivity index (χ4n) is 4.07. The van der Waals surface area contributed by atoms with E-state index in [0.717, 1.165) is 4.88 Å². The number of nitrogens with one attached hydrogen (secondary N) is 1. The zero-order chi connectivity index (χ0) is 23.8. The number of rotatable bonds is 6. The summed E-state index contributed by atoms with van der Waals surface area (Å²) >= 11 is 1.66. The topological polar surface area (TPSA) is 93.2 Å². The molecule has 0 spiro atoms. The number of hydrogen-bond donors (Lipinski definition) is 1. The molecule has 1 atom stereocenters. The molecule has 2 heterocycles. The van der Waals surface area contributed by atoms with Crippen molar-refractivity contribution in [2.45, 2.75) is 50.3 Å². The normalized spacial score (nSPS) is 18.1. The summed E-state index contributed by atoms with van der Waals surface area (Å²) < 4.78 is 23.9. The first-order chi connectivity index (χ1) is 15.6. The molecule has 1 N–H and O–H groups in total. The second-order valence-corrected chi connectivity index (χ2v) is 12.1. The molecule has 1 unspecified atom stereocenters. The van der Waals surface area contributed by atoms with Gasteiger partial charge in [0, 0.05) is 15.3 Å². The van der Waals surface area contributed by atoms with Gasteiger partial charge in [-0.3, -0.25) is 9.59 Å². The van der Waals surface area contributed by atoms with Gasteiger partial charge in [0.05, 0.1) is 28.2 Å². The highest BCUT2D eigenvalue weighted by Gasteiger charge is 2.41. The highest BCUT2D eigenvalue weighted by atomic mass is 32.2. The lowest BCUT2D eigenvalue weighted by Crippen LogP contribution is -2.37. The predicted octanol–water partition coefficient (Wildman–Crippen LogP) is 4.51. The Balaban J connectivity index is 1.46. The molecule has 8 heteroatoms. The number of aromatic nitrogens is 1. The zero-order valence-corrected chi connectivity index (χ0v) is 20.5. The van der Waals surface area contributed by atoms with E-state index in [0.29, 0.717) is 35.5 Å². The van der Waals surface area contributed by atoms with Crippen molar-refractivity contribution < 1.29 is 18.0 Å². The van der Waals surface area contributed by atoms with Gasteiger partial charge in [-0.05, 0) is 68.7 Å². The fraction of sp³-hybridized carbons (Fsp3) is 0.320. The van der Waals surface area contributed by atoms with Crippen LogP contribution in [0, 0.1) is 6.92 Å². The number of fused-ring (bicyclic) bond motifs is 1.